The van der Waals surface area contributed by atoms with E-state index in [4.69, 9.17) is 14.5 Å². The van der Waals surface area contributed by atoms with E-state index in [0.717, 1.165) is 50.2 Å². The van der Waals surface area contributed by atoms with Crippen LogP contribution in [0.4, 0.5) is 10.2 Å². The predicted molar refractivity (Wildman–Crippen MR) is 139 cm³/mol. The number of halogens is 1. The van der Waals surface area contributed by atoms with E-state index in [0.29, 0.717) is 49.4 Å². The highest BCUT2D eigenvalue weighted by Crippen LogP contribution is 2.41. The van der Waals surface area contributed by atoms with E-state index in [1.54, 1.807) is 6.07 Å². The van der Waals surface area contributed by atoms with Crippen LogP contribution in [0.1, 0.15) is 73.5 Å². The molecule has 1 aromatic carbocycles. The molecule has 0 amide bonds. The van der Waals surface area contributed by atoms with Gasteiger partial charge in [-0.2, -0.15) is 0 Å². The number of nitrogens with zero attached hydrogens (tertiary/aromatic N) is 2. The number of anilines is 1. The fraction of sp³-hybridized carbons (Fsp3) is 0.586. The average molecular weight is 512 g/mol. The van der Waals surface area contributed by atoms with Crippen LogP contribution in [0.2, 0.25) is 0 Å². The standard InChI is InChI=1S/C29H38FN3O4/c1-29(2)25-22(13-16-37-29)24(30)12-11-23(25)26(28(34)35)33-17-21(18-33)36-15-5-3-4-8-20-10-9-19-7-6-14-31-27(19)32-20/h9-12,21,26H,3-8,13-18H2,1-2H3,(H,31,32)(H,34,35). The number of hydrogen-bond donors (Lipinski definition) is 2. The van der Waals surface area contributed by atoms with Crippen molar-refractivity contribution in [3.8, 4) is 0 Å². The van der Waals surface area contributed by atoms with Gasteiger partial charge in [0, 0.05) is 31.9 Å². The smallest absolute Gasteiger partial charge is 0.325 e. The van der Waals surface area contributed by atoms with Crippen LogP contribution in [-0.4, -0.2) is 59.9 Å². The lowest BCUT2D eigenvalue weighted by atomic mass is 9.81. The third-order valence-corrected chi connectivity index (χ3v) is 7.86. The lowest BCUT2D eigenvalue weighted by molar-refractivity contribution is -0.151. The van der Waals surface area contributed by atoms with Crippen molar-refractivity contribution in [2.24, 2.45) is 0 Å². The highest BCUT2D eigenvalue weighted by Gasteiger charge is 2.42. The normalized spacial score (nSPS) is 19.9. The molecule has 2 aromatic rings. The number of pyridine rings is 1. The Balaban J connectivity index is 1.09. The number of carboxylic acid groups (broad SMARTS) is 1. The monoisotopic (exact) mass is 511 g/mol. The zero-order valence-corrected chi connectivity index (χ0v) is 21.9. The summed E-state index contributed by atoms with van der Waals surface area (Å²) in [6, 6.07) is 6.53. The van der Waals surface area contributed by atoms with Crippen molar-refractivity contribution in [1.29, 1.82) is 0 Å². The Morgan fingerprint density at radius 2 is 2.08 bits per heavy atom. The summed E-state index contributed by atoms with van der Waals surface area (Å²) < 4.78 is 26.5. The topological polar surface area (TPSA) is 83.9 Å². The number of aromatic nitrogens is 1. The molecule has 1 saturated heterocycles. The quantitative estimate of drug-likeness (QED) is 0.450. The number of aliphatic carboxylic acids is 1. The largest absolute Gasteiger partial charge is 0.480 e. The van der Waals surface area contributed by atoms with Gasteiger partial charge in [-0.3, -0.25) is 9.69 Å². The summed E-state index contributed by atoms with van der Waals surface area (Å²) in [7, 11) is 0. The Bertz CT molecular complexity index is 1130. The van der Waals surface area contributed by atoms with Crippen LogP contribution in [0.15, 0.2) is 24.3 Å². The Kier molecular flexibility index (Phi) is 7.79. The van der Waals surface area contributed by atoms with Crippen molar-refractivity contribution in [1.82, 2.24) is 9.88 Å². The Morgan fingerprint density at radius 3 is 2.89 bits per heavy atom. The van der Waals surface area contributed by atoms with Gasteiger partial charge in [0.2, 0.25) is 0 Å². The van der Waals surface area contributed by atoms with Gasteiger partial charge in [-0.15, -0.1) is 0 Å². The third-order valence-electron chi connectivity index (χ3n) is 7.86. The van der Waals surface area contributed by atoms with Gasteiger partial charge in [0.05, 0.1) is 18.3 Å². The van der Waals surface area contributed by atoms with E-state index in [2.05, 4.69) is 17.4 Å². The molecule has 37 heavy (non-hydrogen) atoms. The fourth-order valence-electron chi connectivity index (χ4n) is 5.92. The van der Waals surface area contributed by atoms with Gasteiger partial charge in [-0.05, 0) is 86.8 Å². The van der Waals surface area contributed by atoms with Crippen LogP contribution >= 0.6 is 0 Å². The maximum atomic E-state index is 14.6. The SMILES string of the molecule is CC1(C)OCCc2c(F)ccc(C(C(=O)O)N3CC(OCCCCCc4ccc5c(n4)NCCC5)C3)c21. The van der Waals surface area contributed by atoms with Crippen molar-refractivity contribution in [3.63, 3.8) is 0 Å². The Hall–Kier alpha value is -2.55. The molecule has 0 aliphatic carbocycles. The first-order valence-electron chi connectivity index (χ1n) is 13.6. The maximum absolute atomic E-state index is 14.6. The average Bonchev–Trinajstić information content (AvgIpc) is 2.84. The number of nitrogens with one attached hydrogen (secondary N) is 1. The minimum absolute atomic E-state index is 0.0239. The zero-order chi connectivity index (χ0) is 26.0. The Labute approximate surface area is 218 Å². The molecule has 2 N–H and O–H groups in total. The van der Waals surface area contributed by atoms with Gasteiger partial charge < -0.3 is 19.9 Å². The molecular formula is C29H38FN3O4. The number of fused-ring (bicyclic) bond motifs is 2. The molecule has 0 spiro atoms. The summed E-state index contributed by atoms with van der Waals surface area (Å²) in [5, 5.41) is 13.5. The van der Waals surface area contributed by atoms with Gasteiger partial charge in [0.25, 0.3) is 0 Å². The molecule has 8 heteroatoms. The molecule has 200 valence electrons. The van der Waals surface area contributed by atoms with Crippen molar-refractivity contribution >= 4 is 11.8 Å². The number of aryl methyl sites for hydroxylation is 2. The number of benzene rings is 1. The second-order valence-electron chi connectivity index (χ2n) is 10.9. The summed E-state index contributed by atoms with van der Waals surface area (Å²) in [6.07, 6.45) is 6.83. The van der Waals surface area contributed by atoms with Crippen LogP contribution in [0, 0.1) is 5.82 Å². The van der Waals surface area contributed by atoms with Crippen LogP contribution in [0.25, 0.3) is 0 Å². The molecule has 1 aromatic heterocycles. The zero-order valence-electron chi connectivity index (χ0n) is 21.9. The fourth-order valence-corrected chi connectivity index (χ4v) is 5.92. The number of carbonyl (C=O) groups is 1. The maximum Gasteiger partial charge on any atom is 0.325 e. The van der Waals surface area contributed by atoms with E-state index in [-0.39, 0.29) is 11.9 Å². The lowest BCUT2D eigenvalue weighted by Gasteiger charge is -2.44. The highest BCUT2D eigenvalue weighted by atomic mass is 19.1. The molecule has 1 fully saturated rings. The summed E-state index contributed by atoms with van der Waals surface area (Å²) >= 11 is 0. The minimum Gasteiger partial charge on any atom is -0.480 e. The first kappa shape index (κ1) is 26.1. The van der Waals surface area contributed by atoms with Crippen LogP contribution in [0.5, 0.6) is 0 Å². The summed E-state index contributed by atoms with van der Waals surface area (Å²) in [4.78, 5) is 19.0. The molecular weight excluding hydrogens is 473 g/mol. The van der Waals surface area contributed by atoms with E-state index in [1.165, 1.54) is 18.1 Å². The van der Waals surface area contributed by atoms with Gasteiger partial charge in [0.15, 0.2) is 0 Å². The van der Waals surface area contributed by atoms with Crippen molar-refractivity contribution in [2.45, 2.75) is 76.5 Å². The first-order chi connectivity index (χ1) is 17.8. The number of ether oxygens (including phenoxy) is 2. The number of unbranched alkanes of at least 4 members (excludes halogenated alkanes) is 2. The van der Waals surface area contributed by atoms with E-state index in [9.17, 15) is 14.3 Å². The first-order valence-corrected chi connectivity index (χ1v) is 13.6. The van der Waals surface area contributed by atoms with Crippen LogP contribution in [0.3, 0.4) is 0 Å². The molecule has 3 aliphatic rings. The number of carboxylic acids is 1. The van der Waals surface area contributed by atoms with Crippen molar-refractivity contribution in [2.75, 3.05) is 38.2 Å². The molecule has 4 heterocycles. The number of rotatable bonds is 10. The van der Waals surface area contributed by atoms with Gasteiger partial charge in [0.1, 0.15) is 17.7 Å². The number of likely N-dealkylation sites (tertiary alicyclic amines) is 1. The Morgan fingerprint density at radius 1 is 1.24 bits per heavy atom. The minimum atomic E-state index is -0.931. The van der Waals surface area contributed by atoms with Crippen molar-refractivity contribution in [3.05, 3.63) is 58.0 Å². The van der Waals surface area contributed by atoms with Crippen LogP contribution < -0.4 is 5.32 Å². The highest BCUT2D eigenvalue weighted by molar-refractivity contribution is 5.77. The molecule has 0 saturated carbocycles. The van der Waals surface area contributed by atoms with E-state index >= 15 is 0 Å². The predicted octanol–water partition coefficient (Wildman–Crippen LogP) is 4.63. The lowest BCUT2D eigenvalue weighted by Crippen LogP contribution is -2.55. The van der Waals surface area contributed by atoms with Gasteiger partial charge in [-0.1, -0.05) is 18.6 Å². The van der Waals surface area contributed by atoms with Gasteiger partial charge >= 0.3 is 5.97 Å². The molecule has 7 nitrogen and oxygen atoms in total. The summed E-state index contributed by atoms with van der Waals surface area (Å²) in [5.74, 6) is -0.165. The molecule has 0 bridgehead atoms. The summed E-state index contributed by atoms with van der Waals surface area (Å²) in [6.45, 7) is 6.97. The van der Waals surface area contributed by atoms with E-state index in [1.807, 2.05) is 18.7 Å². The van der Waals surface area contributed by atoms with Crippen LogP contribution in [-0.2, 0) is 39.1 Å². The van der Waals surface area contributed by atoms with Gasteiger partial charge in [-0.25, -0.2) is 9.37 Å². The number of hydrogen-bond acceptors (Lipinski definition) is 6. The van der Waals surface area contributed by atoms with Crippen molar-refractivity contribution < 1.29 is 23.8 Å². The molecule has 0 radical (unpaired) electrons. The molecule has 1 atom stereocenters. The second-order valence-corrected chi connectivity index (χ2v) is 10.9. The van der Waals surface area contributed by atoms with E-state index < -0.39 is 17.6 Å². The molecule has 3 aliphatic heterocycles. The third kappa shape index (κ3) is 5.66. The summed E-state index contributed by atoms with van der Waals surface area (Å²) in [5.41, 5.74) is 3.61. The second kappa shape index (κ2) is 11.1. The molecule has 5 rings (SSSR count). The molecule has 1 unspecified atom stereocenters.